The standard InChI is InChI=1S/C12H18FN3O2S/c1-8(5-7-19(3)18)16-12(17)9-4-6-15-11(14-2)10(9)13/h4,6,8H,5,7H2,1-3H3,(H,14,15)(H,16,17). The number of carbonyl (C=O) groups excluding carboxylic acids is 1. The molecule has 0 fully saturated rings. The molecule has 2 N–H and O–H groups in total. The predicted molar refractivity (Wildman–Crippen MR) is 74.2 cm³/mol. The molecule has 2 atom stereocenters. The molecule has 7 heteroatoms. The van der Waals surface area contributed by atoms with Gasteiger partial charge in [0.1, 0.15) is 0 Å². The topological polar surface area (TPSA) is 71.1 Å². The van der Waals surface area contributed by atoms with Gasteiger partial charge in [0, 0.05) is 42.1 Å². The van der Waals surface area contributed by atoms with Crippen LogP contribution in [0.15, 0.2) is 12.3 Å². The van der Waals surface area contributed by atoms with Crippen LogP contribution in [-0.4, -0.2) is 40.2 Å². The van der Waals surface area contributed by atoms with Gasteiger partial charge in [0.05, 0.1) is 5.56 Å². The molecule has 0 saturated carbocycles. The van der Waals surface area contributed by atoms with Crippen molar-refractivity contribution in [2.75, 3.05) is 24.4 Å². The van der Waals surface area contributed by atoms with E-state index in [0.717, 1.165) is 0 Å². The molecule has 106 valence electrons. The molecule has 0 aliphatic carbocycles. The molecule has 0 aliphatic heterocycles. The number of halogens is 1. The van der Waals surface area contributed by atoms with Crippen molar-refractivity contribution in [3.63, 3.8) is 0 Å². The second-order valence-electron chi connectivity index (χ2n) is 4.21. The zero-order valence-corrected chi connectivity index (χ0v) is 12.0. The Morgan fingerprint density at radius 3 is 2.84 bits per heavy atom. The summed E-state index contributed by atoms with van der Waals surface area (Å²) in [7, 11) is 0.634. The molecule has 1 aromatic rings. The minimum Gasteiger partial charge on any atom is -0.371 e. The summed E-state index contributed by atoms with van der Waals surface area (Å²) in [6, 6.07) is 1.16. The van der Waals surface area contributed by atoms with Crippen LogP contribution in [0.4, 0.5) is 10.2 Å². The van der Waals surface area contributed by atoms with Gasteiger partial charge in [-0.25, -0.2) is 9.37 Å². The van der Waals surface area contributed by atoms with Crippen molar-refractivity contribution >= 4 is 22.5 Å². The molecular weight excluding hydrogens is 269 g/mol. The fourth-order valence-electron chi connectivity index (χ4n) is 1.51. The van der Waals surface area contributed by atoms with Crippen LogP contribution in [-0.2, 0) is 10.8 Å². The summed E-state index contributed by atoms with van der Waals surface area (Å²) < 4.78 is 24.8. The van der Waals surface area contributed by atoms with E-state index in [9.17, 15) is 13.4 Å². The monoisotopic (exact) mass is 287 g/mol. The van der Waals surface area contributed by atoms with Gasteiger partial charge in [-0.15, -0.1) is 0 Å². The highest BCUT2D eigenvalue weighted by Crippen LogP contribution is 2.14. The summed E-state index contributed by atoms with van der Waals surface area (Å²) in [6.07, 6.45) is 3.56. The Balaban J connectivity index is 2.70. The molecule has 0 bridgehead atoms. The zero-order valence-electron chi connectivity index (χ0n) is 11.2. The van der Waals surface area contributed by atoms with E-state index in [1.807, 2.05) is 0 Å². The molecule has 0 radical (unpaired) electrons. The zero-order chi connectivity index (χ0) is 14.4. The number of hydrogen-bond donors (Lipinski definition) is 2. The number of carbonyl (C=O) groups is 1. The summed E-state index contributed by atoms with van der Waals surface area (Å²) in [5, 5.41) is 5.25. The van der Waals surface area contributed by atoms with Gasteiger partial charge in [0.25, 0.3) is 5.91 Å². The third-order valence-electron chi connectivity index (χ3n) is 2.59. The maximum atomic E-state index is 13.9. The minimum absolute atomic E-state index is 0.0370. The number of nitrogens with zero attached hydrogens (tertiary/aromatic N) is 1. The molecule has 1 aromatic heterocycles. The first kappa shape index (κ1) is 15.6. The van der Waals surface area contributed by atoms with Crippen molar-refractivity contribution in [2.24, 2.45) is 0 Å². The van der Waals surface area contributed by atoms with Crippen LogP contribution in [0.2, 0.25) is 0 Å². The second-order valence-corrected chi connectivity index (χ2v) is 5.77. The van der Waals surface area contributed by atoms with Crippen LogP contribution in [0.3, 0.4) is 0 Å². The van der Waals surface area contributed by atoms with Crippen molar-refractivity contribution < 1.29 is 13.4 Å². The first-order valence-electron chi connectivity index (χ1n) is 5.88. The Bertz CT molecular complexity index is 482. The molecule has 19 heavy (non-hydrogen) atoms. The summed E-state index contributed by atoms with van der Waals surface area (Å²) >= 11 is 0. The SMILES string of the molecule is CNc1nccc(C(=O)NC(C)CCS(C)=O)c1F. The number of hydrogen-bond acceptors (Lipinski definition) is 4. The summed E-state index contributed by atoms with van der Waals surface area (Å²) in [4.78, 5) is 15.7. The number of anilines is 1. The Morgan fingerprint density at radius 2 is 2.26 bits per heavy atom. The Hall–Kier alpha value is -1.50. The van der Waals surface area contributed by atoms with E-state index in [2.05, 4.69) is 15.6 Å². The van der Waals surface area contributed by atoms with Gasteiger partial charge in [-0.05, 0) is 19.4 Å². The van der Waals surface area contributed by atoms with Gasteiger partial charge in [0.2, 0.25) is 0 Å². The number of pyridine rings is 1. The van der Waals surface area contributed by atoms with E-state index in [4.69, 9.17) is 0 Å². The Morgan fingerprint density at radius 1 is 1.58 bits per heavy atom. The minimum atomic E-state index is -0.900. The predicted octanol–water partition coefficient (Wildman–Crippen LogP) is 1.15. The highest BCUT2D eigenvalue weighted by molar-refractivity contribution is 7.84. The van der Waals surface area contributed by atoms with Gasteiger partial charge in [-0.1, -0.05) is 0 Å². The van der Waals surface area contributed by atoms with Crippen molar-refractivity contribution in [3.8, 4) is 0 Å². The number of aromatic nitrogens is 1. The van der Waals surface area contributed by atoms with E-state index in [1.54, 1.807) is 13.2 Å². The van der Waals surface area contributed by atoms with E-state index >= 15 is 0 Å². The normalized spacial score (nSPS) is 13.7. The lowest BCUT2D eigenvalue weighted by Crippen LogP contribution is -2.34. The van der Waals surface area contributed by atoms with Crippen molar-refractivity contribution in [1.82, 2.24) is 10.3 Å². The molecule has 0 aromatic carbocycles. The average molecular weight is 287 g/mol. The van der Waals surface area contributed by atoms with E-state index < -0.39 is 22.5 Å². The maximum Gasteiger partial charge on any atom is 0.254 e. The summed E-state index contributed by atoms with van der Waals surface area (Å²) in [5.41, 5.74) is -0.0520. The van der Waals surface area contributed by atoms with Crippen LogP contribution < -0.4 is 10.6 Å². The van der Waals surface area contributed by atoms with Crippen molar-refractivity contribution in [3.05, 3.63) is 23.6 Å². The molecule has 1 rings (SSSR count). The molecule has 0 aliphatic rings. The quantitative estimate of drug-likeness (QED) is 0.823. The summed E-state index contributed by atoms with van der Waals surface area (Å²) in [5.74, 6) is -0.628. The largest absolute Gasteiger partial charge is 0.371 e. The lowest BCUT2D eigenvalue weighted by molar-refractivity contribution is 0.0935. The molecule has 1 heterocycles. The van der Waals surface area contributed by atoms with Gasteiger partial charge in [-0.2, -0.15) is 0 Å². The van der Waals surface area contributed by atoms with E-state index in [-0.39, 0.29) is 17.4 Å². The molecule has 0 saturated heterocycles. The van der Waals surface area contributed by atoms with Crippen LogP contribution in [0, 0.1) is 5.82 Å². The average Bonchev–Trinajstić information content (AvgIpc) is 2.36. The van der Waals surface area contributed by atoms with E-state index in [1.165, 1.54) is 19.3 Å². The van der Waals surface area contributed by atoms with Gasteiger partial charge >= 0.3 is 0 Å². The summed E-state index contributed by atoms with van der Waals surface area (Å²) in [6.45, 7) is 1.79. The van der Waals surface area contributed by atoms with Gasteiger partial charge < -0.3 is 10.6 Å². The fraction of sp³-hybridized carbons (Fsp3) is 0.500. The number of nitrogens with one attached hydrogen (secondary N) is 2. The molecule has 0 spiro atoms. The first-order valence-corrected chi connectivity index (χ1v) is 7.61. The lowest BCUT2D eigenvalue weighted by Gasteiger charge is -2.14. The van der Waals surface area contributed by atoms with E-state index in [0.29, 0.717) is 12.2 Å². The van der Waals surface area contributed by atoms with Crippen LogP contribution >= 0.6 is 0 Å². The highest BCUT2D eigenvalue weighted by Gasteiger charge is 2.17. The van der Waals surface area contributed by atoms with Gasteiger partial charge in [0.15, 0.2) is 11.6 Å². The molecular formula is C12H18FN3O2S. The van der Waals surface area contributed by atoms with Crippen LogP contribution in [0.5, 0.6) is 0 Å². The maximum absolute atomic E-state index is 13.9. The Labute approximate surface area is 114 Å². The van der Waals surface area contributed by atoms with Crippen LogP contribution in [0.25, 0.3) is 0 Å². The highest BCUT2D eigenvalue weighted by atomic mass is 32.2. The lowest BCUT2D eigenvalue weighted by atomic mass is 10.2. The smallest absolute Gasteiger partial charge is 0.254 e. The fourth-order valence-corrected chi connectivity index (χ4v) is 2.20. The van der Waals surface area contributed by atoms with Crippen LogP contribution in [0.1, 0.15) is 23.7 Å². The Kier molecular flexibility index (Phi) is 5.88. The number of amides is 1. The molecule has 1 amide bonds. The van der Waals surface area contributed by atoms with Crippen molar-refractivity contribution in [1.29, 1.82) is 0 Å². The molecule has 5 nitrogen and oxygen atoms in total. The number of rotatable bonds is 6. The second kappa shape index (κ2) is 7.18. The molecule has 2 unspecified atom stereocenters. The van der Waals surface area contributed by atoms with Crippen molar-refractivity contribution in [2.45, 2.75) is 19.4 Å². The van der Waals surface area contributed by atoms with Gasteiger partial charge in [-0.3, -0.25) is 9.00 Å². The third-order valence-corrected chi connectivity index (χ3v) is 3.40. The third kappa shape index (κ3) is 4.59. The first-order chi connectivity index (χ1) is 8.95.